The van der Waals surface area contributed by atoms with Gasteiger partial charge in [-0.05, 0) is 50.9 Å². The van der Waals surface area contributed by atoms with E-state index in [9.17, 15) is 4.79 Å². The largest absolute Gasteiger partial charge is 0.491 e. The number of amides is 1. The third-order valence-corrected chi connectivity index (χ3v) is 2.65. The molecule has 0 bridgehead atoms. The van der Waals surface area contributed by atoms with Gasteiger partial charge in [-0.1, -0.05) is 12.1 Å². The summed E-state index contributed by atoms with van der Waals surface area (Å²) in [5, 5.41) is 3.34. The van der Waals surface area contributed by atoms with Crippen LogP contribution in [0, 0.1) is 0 Å². The number of nitrogens with one attached hydrogen (secondary N) is 1. The van der Waals surface area contributed by atoms with Crippen LogP contribution in [-0.2, 0) is 11.3 Å². The molecule has 4 heteroatoms. The molecule has 0 radical (unpaired) electrons. The molecule has 19 heavy (non-hydrogen) atoms. The van der Waals surface area contributed by atoms with E-state index >= 15 is 0 Å². The first-order valence-corrected chi connectivity index (χ1v) is 6.82. The Balaban J connectivity index is 2.17. The van der Waals surface area contributed by atoms with Gasteiger partial charge in [0.1, 0.15) is 5.75 Å². The molecule has 0 fully saturated rings. The van der Waals surface area contributed by atoms with Gasteiger partial charge in [-0.25, -0.2) is 0 Å². The highest BCUT2D eigenvalue weighted by Gasteiger charge is 1.98. The Morgan fingerprint density at radius 1 is 1.26 bits per heavy atom. The summed E-state index contributed by atoms with van der Waals surface area (Å²) >= 11 is 0. The molecule has 0 saturated heterocycles. The number of carbonyl (C=O) groups is 1. The molecule has 3 N–H and O–H groups in total. The molecule has 1 aromatic carbocycles. The van der Waals surface area contributed by atoms with Crippen molar-refractivity contribution in [3.63, 3.8) is 0 Å². The third kappa shape index (κ3) is 7.47. The molecule has 106 valence electrons. The SMILES string of the molecule is CC(C)Oc1ccc(CNCCCCC(N)=O)cc1. The van der Waals surface area contributed by atoms with Crippen LogP contribution in [0.1, 0.15) is 38.7 Å². The van der Waals surface area contributed by atoms with Gasteiger partial charge in [0.25, 0.3) is 0 Å². The van der Waals surface area contributed by atoms with E-state index in [4.69, 9.17) is 10.5 Å². The van der Waals surface area contributed by atoms with Gasteiger partial charge in [-0.2, -0.15) is 0 Å². The van der Waals surface area contributed by atoms with Crippen LogP contribution in [0.4, 0.5) is 0 Å². The zero-order valence-corrected chi connectivity index (χ0v) is 11.8. The van der Waals surface area contributed by atoms with E-state index < -0.39 is 0 Å². The molecule has 0 saturated carbocycles. The average molecular weight is 264 g/mol. The lowest BCUT2D eigenvalue weighted by Gasteiger charge is -2.10. The molecule has 1 rings (SSSR count). The van der Waals surface area contributed by atoms with Crippen molar-refractivity contribution in [2.75, 3.05) is 6.54 Å². The maximum atomic E-state index is 10.6. The Kier molecular flexibility index (Phi) is 6.97. The minimum absolute atomic E-state index is 0.203. The highest BCUT2D eigenvalue weighted by Crippen LogP contribution is 2.13. The summed E-state index contributed by atoms with van der Waals surface area (Å²) in [5.41, 5.74) is 6.30. The molecule has 0 heterocycles. The predicted octanol–water partition coefficient (Wildman–Crippen LogP) is 2.22. The maximum Gasteiger partial charge on any atom is 0.217 e. The molecular formula is C15H24N2O2. The summed E-state index contributed by atoms with van der Waals surface area (Å²) < 4.78 is 5.58. The van der Waals surface area contributed by atoms with Gasteiger partial charge in [0.15, 0.2) is 0 Å². The van der Waals surface area contributed by atoms with E-state index in [0.717, 1.165) is 31.7 Å². The highest BCUT2D eigenvalue weighted by atomic mass is 16.5. The smallest absolute Gasteiger partial charge is 0.217 e. The molecule has 0 aliphatic rings. The van der Waals surface area contributed by atoms with Gasteiger partial charge < -0.3 is 15.8 Å². The van der Waals surface area contributed by atoms with E-state index in [1.165, 1.54) is 5.56 Å². The molecular weight excluding hydrogens is 240 g/mol. The number of ether oxygens (including phenoxy) is 1. The second-order valence-electron chi connectivity index (χ2n) is 4.91. The molecule has 0 aliphatic carbocycles. The zero-order chi connectivity index (χ0) is 14.1. The molecule has 0 spiro atoms. The number of carbonyl (C=O) groups excluding carboxylic acids is 1. The summed E-state index contributed by atoms with van der Waals surface area (Å²) in [6, 6.07) is 8.11. The number of hydrogen-bond acceptors (Lipinski definition) is 3. The van der Waals surface area contributed by atoms with E-state index in [2.05, 4.69) is 17.4 Å². The third-order valence-electron chi connectivity index (χ3n) is 2.65. The van der Waals surface area contributed by atoms with Crippen molar-refractivity contribution in [1.29, 1.82) is 0 Å². The number of benzene rings is 1. The lowest BCUT2D eigenvalue weighted by atomic mass is 10.2. The summed E-state index contributed by atoms with van der Waals surface area (Å²) in [6.45, 7) is 5.76. The molecule has 4 nitrogen and oxygen atoms in total. The van der Waals surface area contributed by atoms with Crippen LogP contribution in [0.5, 0.6) is 5.75 Å². The van der Waals surface area contributed by atoms with Gasteiger partial charge in [0.05, 0.1) is 6.10 Å². The number of nitrogens with two attached hydrogens (primary N) is 1. The van der Waals surface area contributed by atoms with Gasteiger partial charge in [0, 0.05) is 13.0 Å². The summed E-state index contributed by atoms with van der Waals surface area (Å²) in [5.74, 6) is 0.681. The lowest BCUT2D eigenvalue weighted by molar-refractivity contribution is -0.118. The molecule has 1 amide bonds. The minimum atomic E-state index is -0.222. The molecule has 0 aliphatic heterocycles. The first-order valence-electron chi connectivity index (χ1n) is 6.82. The van der Waals surface area contributed by atoms with Gasteiger partial charge in [0.2, 0.25) is 5.91 Å². The Morgan fingerprint density at radius 2 is 1.95 bits per heavy atom. The first-order chi connectivity index (χ1) is 9.08. The molecule has 1 aromatic rings. The van der Waals surface area contributed by atoms with Gasteiger partial charge in [-0.15, -0.1) is 0 Å². The van der Waals surface area contributed by atoms with Crippen molar-refractivity contribution in [3.8, 4) is 5.75 Å². The van der Waals surface area contributed by atoms with Gasteiger partial charge in [-0.3, -0.25) is 4.79 Å². The summed E-state index contributed by atoms with van der Waals surface area (Å²) in [7, 11) is 0. The van der Waals surface area contributed by atoms with Crippen molar-refractivity contribution in [3.05, 3.63) is 29.8 Å². The van der Waals surface area contributed by atoms with Crippen molar-refractivity contribution in [2.24, 2.45) is 5.73 Å². The predicted molar refractivity (Wildman–Crippen MR) is 77.0 cm³/mol. The van der Waals surface area contributed by atoms with Crippen molar-refractivity contribution < 1.29 is 9.53 Å². The first kappa shape index (κ1) is 15.5. The fourth-order valence-corrected chi connectivity index (χ4v) is 1.74. The van der Waals surface area contributed by atoms with E-state index in [1.807, 2.05) is 26.0 Å². The Hall–Kier alpha value is -1.55. The van der Waals surface area contributed by atoms with Crippen molar-refractivity contribution >= 4 is 5.91 Å². The van der Waals surface area contributed by atoms with Crippen molar-refractivity contribution in [1.82, 2.24) is 5.32 Å². The Labute approximate surface area is 115 Å². The van der Waals surface area contributed by atoms with Crippen LogP contribution in [0.25, 0.3) is 0 Å². The zero-order valence-electron chi connectivity index (χ0n) is 11.8. The topological polar surface area (TPSA) is 64.3 Å². The molecule has 0 aromatic heterocycles. The van der Waals surface area contributed by atoms with Crippen LogP contribution in [0.15, 0.2) is 24.3 Å². The van der Waals surface area contributed by atoms with Crippen LogP contribution in [0.2, 0.25) is 0 Å². The van der Waals surface area contributed by atoms with Crippen LogP contribution < -0.4 is 15.8 Å². The quantitative estimate of drug-likeness (QED) is 0.672. The van der Waals surface area contributed by atoms with Gasteiger partial charge >= 0.3 is 0 Å². The fraction of sp³-hybridized carbons (Fsp3) is 0.533. The second-order valence-corrected chi connectivity index (χ2v) is 4.91. The number of primary amides is 1. The second kappa shape index (κ2) is 8.53. The number of hydrogen-bond donors (Lipinski definition) is 2. The number of rotatable bonds is 9. The fourth-order valence-electron chi connectivity index (χ4n) is 1.74. The molecule has 0 unspecified atom stereocenters. The Morgan fingerprint density at radius 3 is 2.53 bits per heavy atom. The van der Waals surface area contributed by atoms with E-state index in [0.29, 0.717) is 6.42 Å². The van der Waals surface area contributed by atoms with Crippen LogP contribution in [0.3, 0.4) is 0 Å². The normalized spacial score (nSPS) is 10.7. The summed E-state index contributed by atoms with van der Waals surface area (Å²) in [6.07, 6.45) is 2.50. The standard InChI is InChI=1S/C15H24N2O2/c1-12(2)19-14-8-6-13(7-9-14)11-17-10-4-3-5-15(16)18/h6-9,12,17H,3-5,10-11H2,1-2H3,(H2,16,18). The van der Waals surface area contributed by atoms with Crippen molar-refractivity contribution in [2.45, 2.75) is 45.8 Å². The Bertz CT molecular complexity index is 374. The minimum Gasteiger partial charge on any atom is -0.491 e. The van der Waals surface area contributed by atoms with E-state index in [-0.39, 0.29) is 12.0 Å². The monoisotopic (exact) mass is 264 g/mol. The highest BCUT2D eigenvalue weighted by molar-refractivity contribution is 5.73. The van der Waals surface area contributed by atoms with E-state index in [1.54, 1.807) is 0 Å². The lowest BCUT2D eigenvalue weighted by Crippen LogP contribution is -2.16. The summed E-state index contributed by atoms with van der Waals surface area (Å²) in [4.78, 5) is 10.6. The molecule has 0 atom stereocenters. The number of unbranched alkanes of at least 4 members (excludes halogenated alkanes) is 1. The average Bonchev–Trinajstić information content (AvgIpc) is 2.34. The van der Waals surface area contributed by atoms with Crippen LogP contribution >= 0.6 is 0 Å². The maximum absolute atomic E-state index is 10.6. The van der Waals surface area contributed by atoms with Crippen LogP contribution in [-0.4, -0.2) is 18.6 Å².